The van der Waals surface area contributed by atoms with Gasteiger partial charge in [-0.25, -0.2) is 15.0 Å². The van der Waals surface area contributed by atoms with Crippen LogP contribution in [0.25, 0.3) is 45.3 Å². The molecule has 3 heterocycles. The topological polar surface area (TPSA) is 45.2 Å². The van der Waals surface area contributed by atoms with Crippen molar-refractivity contribution < 1.29 is 0 Å². The second-order valence-corrected chi connectivity index (χ2v) is 17.4. The van der Waals surface area contributed by atoms with Gasteiger partial charge in [0.2, 0.25) is 0 Å². The lowest BCUT2D eigenvalue weighted by molar-refractivity contribution is 0.722. The van der Waals surface area contributed by atoms with Crippen molar-refractivity contribution in [1.82, 2.24) is 15.0 Å². The summed E-state index contributed by atoms with van der Waals surface area (Å²) in [5, 5.41) is 0. The smallest absolute Gasteiger partial charge is 0.164 e. The van der Waals surface area contributed by atoms with Gasteiger partial charge in [-0.1, -0.05) is 163 Å². The van der Waals surface area contributed by atoms with Gasteiger partial charge in [-0.3, -0.25) is 0 Å². The minimum absolute atomic E-state index is 0.445. The van der Waals surface area contributed by atoms with Crippen molar-refractivity contribution in [3.05, 3.63) is 247 Å². The molecule has 1 aromatic heterocycles. The first-order valence-electron chi connectivity index (χ1n) is 21.6. The summed E-state index contributed by atoms with van der Waals surface area (Å²) in [7, 11) is 0. The van der Waals surface area contributed by atoms with Crippen LogP contribution in [0.2, 0.25) is 0 Å². The van der Waals surface area contributed by atoms with Gasteiger partial charge in [-0.2, -0.15) is 0 Å². The van der Waals surface area contributed by atoms with E-state index in [1.54, 1.807) is 0 Å². The molecule has 9 aromatic carbocycles. The zero-order valence-corrected chi connectivity index (χ0v) is 35.3. The molecule has 0 radical (unpaired) electrons. The number of anilines is 6. The van der Waals surface area contributed by atoms with Gasteiger partial charge < -0.3 is 9.80 Å². The minimum atomic E-state index is -0.445. The predicted octanol–water partition coefficient (Wildman–Crippen LogP) is 15.0. The molecular weight excluding hydrogens is 799 g/mol. The summed E-state index contributed by atoms with van der Waals surface area (Å²) in [4.78, 5) is 22.7. The van der Waals surface area contributed by atoms with Crippen molar-refractivity contribution in [1.29, 1.82) is 0 Å². The number of aromatic nitrogens is 3. The number of fused-ring (bicyclic) bond motifs is 11. The Morgan fingerprint density at radius 1 is 0.312 bits per heavy atom. The Labute approximate surface area is 376 Å². The molecule has 3 aliphatic rings. The third-order valence-corrected chi connectivity index (χ3v) is 14.0. The van der Waals surface area contributed by atoms with Crippen molar-refractivity contribution in [3.8, 4) is 45.3 Å². The van der Waals surface area contributed by atoms with E-state index in [2.05, 4.69) is 216 Å². The maximum Gasteiger partial charge on any atom is 0.164 e. The van der Waals surface area contributed by atoms with Crippen LogP contribution in [0.15, 0.2) is 234 Å². The fraction of sp³-hybridized carbons (Fsp3) is 0.0172. The summed E-state index contributed by atoms with van der Waals surface area (Å²) in [6.07, 6.45) is 0. The predicted molar refractivity (Wildman–Crippen MR) is 260 cm³/mol. The summed E-state index contributed by atoms with van der Waals surface area (Å²) >= 11 is 1.83. The van der Waals surface area contributed by atoms with Crippen molar-refractivity contribution in [3.63, 3.8) is 0 Å². The maximum absolute atomic E-state index is 5.26. The fourth-order valence-corrected chi connectivity index (χ4v) is 11.4. The van der Waals surface area contributed by atoms with E-state index in [9.17, 15) is 0 Å². The summed E-state index contributed by atoms with van der Waals surface area (Å²) in [6, 6.07) is 80.2. The SMILES string of the molecule is c1ccc(-c2nc(-c3ccc(N4c5ccccc5N(c5ccccc5)c5ccccc54)cc3)nc(-c3ccc4c(c3)Sc3ccccc3C43c4ccccc4-c4ccccc43)n2)cc1. The van der Waals surface area contributed by atoms with Crippen molar-refractivity contribution in [2.24, 2.45) is 0 Å². The molecule has 1 aliphatic carbocycles. The van der Waals surface area contributed by atoms with Crippen LogP contribution in [0.5, 0.6) is 0 Å². The van der Waals surface area contributed by atoms with Crippen LogP contribution in [0, 0.1) is 0 Å². The Morgan fingerprint density at radius 2 is 0.719 bits per heavy atom. The van der Waals surface area contributed by atoms with Gasteiger partial charge in [0.25, 0.3) is 0 Å². The second-order valence-electron chi connectivity index (χ2n) is 16.4. The molecule has 0 saturated heterocycles. The van der Waals surface area contributed by atoms with E-state index in [0.29, 0.717) is 17.5 Å². The van der Waals surface area contributed by atoms with Crippen molar-refractivity contribution in [2.75, 3.05) is 9.80 Å². The van der Waals surface area contributed by atoms with Gasteiger partial charge in [0.15, 0.2) is 17.5 Å². The molecular formula is C58H37N5S. The van der Waals surface area contributed by atoms with Gasteiger partial charge in [0.05, 0.1) is 28.2 Å². The molecule has 5 nitrogen and oxygen atoms in total. The lowest BCUT2D eigenvalue weighted by Crippen LogP contribution is -2.31. The molecule has 6 heteroatoms. The summed E-state index contributed by atoms with van der Waals surface area (Å²) < 4.78 is 0. The van der Waals surface area contributed by atoms with Crippen LogP contribution in [-0.2, 0) is 5.41 Å². The zero-order chi connectivity index (χ0) is 42.2. The molecule has 1 spiro atoms. The Bertz CT molecular complexity index is 3350. The monoisotopic (exact) mass is 835 g/mol. The third-order valence-electron chi connectivity index (χ3n) is 12.9. The number of para-hydroxylation sites is 5. The first-order valence-corrected chi connectivity index (χ1v) is 22.4. The quantitative estimate of drug-likeness (QED) is 0.172. The normalized spacial score (nSPS) is 13.6. The number of rotatable bonds is 5. The summed E-state index contributed by atoms with van der Waals surface area (Å²) in [6.45, 7) is 0. The van der Waals surface area contributed by atoms with Crippen molar-refractivity contribution in [2.45, 2.75) is 15.2 Å². The highest BCUT2D eigenvalue weighted by molar-refractivity contribution is 7.99. The van der Waals surface area contributed by atoms with Gasteiger partial charge in [-0.05, 0) is 106 Å². The van der Waals surface area contributed by atoms with Crippen LogP contribution < -0.4 is 9.80 Å². The van der Waals surface area contributed by atoms with Gasteiger partial charge in [0.1, 0.15) is 0 Å². The first-order chi connectivity index (χ1) is 31.7. The average Bonchev–Trinajstić information content (AvgIpc) is 3.66. The van der Waals surface area contributed by atoms with Gasteiger partial charge >= 0.3 is 0 Å². The Kier molecular flexibility index (Phi) is 8.30. The molecule has 0 fully saturated rings. The van der Waals surface area contributed by atoms with Gasteiger partial charge in [-0.15, -0.1) is 0 Å². The van der Waals surface area contributed by atoms with Crippen LogP contribution in [-0.4, -0.2) is 15.0 Å². The standard InChI is InChI=1S/C58H37N5S/c1-3-17-38(18-4-1)55-59-56(39-31-34-42(35-32-39)63-51-28-14-12-26-49(51)62(41-19-5-2-6-20-41)50-27-13-15-29-52(50)63)61-57(60-55)40-33-36-48-54(37-40)64-53-30-16-11-25-47(53)58(48)45-23-9-7-21-43(45)44-22-8-10-24-46(44)58/h1-37H. The maximum atomic E-state index is 5.26. The van der Waals surface area contributed by atoms with Crippen LogP contribution in [0.4, 0.5) is 34.1 Å². The molecule has 10 aromatic rings. The van der Waals surface area contributed by atoms with E-state index in [0.717, 1.165) is 50.8 Å². The van der Waals surface area contributed by atoms with Crippen molar-refractivity contribution >= 4 is 45.9 Å². The first kappa shape index (κ1) is 36.6. The average molecular weight is 836 g/mol. The number of benzene rings is 9. The Hall–Kier alpha value is -8.06. The molecule has 0 bridgehead atoms. The number of hydrogen-bond acceptors (Lipinski definition) is 6. The number of hydrogen-bond donors (Lipinski definition) is 0. The van der Waals surface area contributed by atoms with E-state index < -0.39 is 5.41 Å². The molecule has 2 aliphatic heterocycles. The molecule has 0 saturated carbocycles. The summed E-state index contributed by atoms with van der Waals surface area (Å²) in [5.41, 5.74) is 16.8. The molecule has 0 N–H and O–H groups in total. The Balaban J connectivity index is 0.932. The van der Waals surface area contributed by atoms with E-state index in [1.807, 2.05) is 30.0 Å². The molecule has 13 rings (SSSR count). The highest BCUT2D eigenvalue weighted by Gasteiger charge is 2.50. The van der Waals surface area contributed by atoms with Crippen LogP contribution in [0.1, 0.15) is 22.3 Å². The largest absolute Gasteiger partial charge is 0.306 e. The highest BCUT2D eigenvalue weighted by atomic mass is 32.2. The van der Waals surface area contributed by atoms with Crippen LogP contribution in [0.3, 0.4) is 0 Å². The molecule has 0 amide bonds. The Morgan fingerprint density at radius 3 is 1.30 bits per heavy atom. The highest BCUT2D eigenvalue weighted by Crippen LogP contribution is 2.62. The molecule has 0 atom stereocenters. The molecule has 0 unspecified atom stereocenters. The fourth-order valence-electron chi connectivity index (χ4n) is 10.2. The second kappa shape index (κ2) is 14.5. The lowest BCUT2D eigenvalue weighted by atomic mass is 9.67. The van der Waals surface area contributed by atoms with E-state index in [4.69, 9.17) is 15.0 Å². The number of nitrogens with zero attached hydrogens (tertiary/aromatic N) is 5. The summed E-state index contributed by atoms with van der Waals surface area (Å²) in [5.74, 6) is 1.89. The van der Waals surface area contributed by atoms with E-state index >= 15 is 0 Å². The minimum Gasteiger partial charge on any atom is -0.306 e. The molecule has 64 heavy (non-hydrogen) atoms. The zero-order valence-electron chi connectivity index (χ0n) is 34.5. The van der Waals surface area contributed by atoms with Crippen LogP contribution >= 0.6 is 11.8 Å². The molecule has 300 valence electrons. The van der Waals surface area contributed by atoms with E-state index in [1.165, 1.54) is 43.2 Å². The third kappa shape index (κ3) is 5.49. The van der Waals surface area contributed by atoms with Gasteiger partial charge in [0, 0.05) is 37.9 Å². The van der Waals surface area contributed by atoms with E-state index in [-0.39, 0.29) is 0 Å². The lowest BCUT2D eigenvalue weighted by Gasteiger charge is -2.40.